The molecule has 0 aliphatic carbocycles. The van der Waals surface area contributed by atoms with Crippen molar-refractivity contribution in [3.63, 3.8) is 0 Å². The molecule has 41 heavy (non-hydrogen) atoms. The smallest absolute Gasteiger partial charge is 0.282 e. The second kappa shape index (κ2) is 11.1. The van der Waals surface area contributed by atoms with E-state index in [4.69, 9.17) is 20.8 Å². The molecule has 202 valence electrons. The molecule has 2 heterocycles. The van der Waals surface area contributed by atoms with Crippen molar-refractivity contribution in [3.05, 3.63) is 124 Å². The van der Waals surface area contributed by atoms with E-state index in [-0.39, 0.29) is 29.7 Å². The van der Waals surface area contributed by atoms with Crippen molar-refractivity contribution < 1.29 is 18.3 Å². The lowest BCUT2D eigenvalue weighted by atomic mass is 10.2. The topological polar surface area (TPSA) is 98.7 Å². The number of amides is 1. The van der Waals surface area contributed by atoms with Crippen LogP contribution in [0.25, 0.3) is 33.5 Å². The van der Waals surface area contributed by atoms with E-state index in [9.17, 15) is 14.0 Å². The molecule has 1 amide bonds. The number of fused-ring (bicyclic) bond motifs is 2. The monoisotopic (exact) mass is 566 g/mol. The van der Waals surface area contributed by atoms with Crippen molar-refractivity contribution in [1.82, 2.24) is 9.66 Å². The fraction of sp³-hybridized carbons (Fsp3) is 0.0323. The number of hydrogen-bond acceptors (Lipinski definition) is 6. The number of hydrogen-bond donors (Lipinski definition) is 1. The van der Waals surface area contributed by atoms with Crippen LogP contribution in [-0.4, -0.2) is 28.4 Å². The molecule has 2 aromatic heterocycles. The number of benzene rings is 4. The molecular weight excluding hydrogens is 547 g/mol. The van der Waals surface area contributed by atoms with Crippen LogP contribution >= 0.6 is 11.6 Å². The van der Waals surface area contributed by atoms with E-state index < -0.39 is 0 Å². The first kappa shape index (κ1) is 26.0. The van der Waals surface area contributed by atoms with Crippen LogP contribution in [0.3, 0.4) is 0 Å². The number of carbonyl (C=O) groups is 1. The van der Waals surface area contributed by atoms with Gasteiger partial charge in [-0.15, -0.1) is 0 Å². The van der Waals surface area contributed by atoms with Crippen LogP contribution in [0.1, 0.15) is 5.56 Å². The third-order valence-corrected chi connectivity index (χ3v) is 6.39. The van der Waals surface area contributed by atoms with E-state index in [2.05, 4.69) is 15.4 Å². The Morgan fingerprint density at radius 1 is 1.02 bits per heavy atom. The molecule has 0 saturated carbocycles. The quantitative estimate of drug-likeness (QED) is 0.222. The minimum atomic E-state index is -0.388. The van der Waals surface area contributed by atoms with Gasteiger partial charge in [0.1, 0.15) is 17.1 Å². The first-order valence-corrected chi connectivity index (χ1v) is 12.8. The summed E-state index contributed by atoms with van der Waals surface area (Å²) in [6.45, 7) is -0.227. The minimum Gasteiger partial charge on any atom is -0.484 e. The molecule has 0 fully saturated rings. The van der Waals surface area contributed by atoms with Gasteiger partial charge in [0.2, 0.25) is 5.82 Å². The maximum absolute atomic E-state index is 13.4. The molecule has 6 rings (SSSR count). The van der Waals surface area contributed by atoms with Crippen LogP contribution in [0.5, 0.6) is 5.75 Å². The standard InChI is InChI=1S/C31H20ClFN4O4/c32-21-7-14-27-20(15-21)16-28(41-27)30-36-26-4-2-1-3-25(26)31(39)37(30)34-17-19-5-12-24(13-6-19)40-18-29(38)35-23-10-8-22(33)9-11-23/h1-17H,18H2,(H,35,38). The predicted octanol–water partition coefficient (Wildman–Crippen LogP) is 6.50. The van der Waals surface area contributed by atoms with Gasteiger partial charge in [-0.2, -0.15) is 9.78 Å². The van der Waals surface area contributed by atoms with Crippen molar-refractivity contribution in [2.24, 2.45) is 5.10 Å². The molecule has 0 aliphatic rings. The Labute approximate surface area is 237 Å². The molecule has 0 radical (unpaired) electrons. The first-order chi connectivity index (χ1) is 19.9. The van der Waals surface area contributed by atoms with Gasteiger partial charge in [0.05, 0.1) is 17.1 Å². The summed E-state index contributed by atoms with van der Waals surface area (Å²) in [5, 5.41) is 8.82. The van der Waals surface area contributed by atoms with E-state index in [0.717, 1.165) is 5.39 Å². The first-order valence-electron chi connectivity index (χ1n) is 12.5. The van der Waals surface area contributed by atoms with E-state index in [1.165, 1.54) is 35.2 Å². The van der Waals surface area contributed by atoms with Crippen molar-refractivity contribution in [1.29, 1.82) is 0 Å². The van der Waals surface area contributed by atoms with Gasteiger partial charge in [-0.1, -0.05) is 23.7 Å². The number of furan rings is 1. The lowest BCUT2D eigenvalue weighted by Crippen LogP contribution is -2.20. The van der Waals surface area contributed by atoms with Crippen LogP contribution in [-0.2, 0) is 4.79 Å². The number of anilines is 1. The van der Waals surface area contributed by atoms with Crippen molar-refractivity contribution in [2.75, 3.05) is 11.9 Å². The molecule has 8 nitrogen and oxygen atoms in total. The molecule has 1 N–H and O–H groups in total. The summed E-state index contributed by atoms with van der Waals surface area (Å²) in [4.78, 5) is 30.2. The molecular formula is C31H20ClFN4O4. The van der Waals surface area contributed by atoms with E-state index in [1.54, 1.807) is 72.8 Å². The Morgan fingerprint density at radius 2 is 1.80 bits per heavy atom. The van der Waals surface area contributed by atoms with Gasteiger partial charge >= 0.3 is 0 Å². The zero-order chi connectivity index (χ0) is 28.3. The second-order valence-electron chi connectivity index (χ2n) is 9.02. The number of halogens is 2. The number of carbonyl (C=O) groups excluding carboxylic acids is 1. The average Bonchev–Trinajstić information content (AvgIpc) is 3.40. The SMILES string of the molecule is O=C(COc1ccc(C=Nn2c(-c3cc4cc(Cl)ccc4o3)nc3ccccc3c2=O)cc1)Nc1ccc(F)cc1. The highest BCUT2D eigenvalue weighted by Crippen LogP contribution is 2.29. The van der Waals surface area contributed by atoms with Crippen LogP contribution in [0.2, 0.25) is 5.02 Å². The Morgan fingerprint density at radius 3 is 2.61 bits per heavy atom. The number of rotatable bonds is 7. The summed E-state index contributed by atoms with van der Waals surface area (Å²) in [6, 6.07) is 26.3. The van der Waals surface area contributed by atoms with Crippen LogP contribution in [0, 0.1) is 5.82 Å². The van der Waals surface area contributed by atoms with Gasteiger partial charge in [0, 0.05) is 16.1 Å². The molecule has 6 aromatic rings. The molecule has 0 aliphatic heterocycles. The van der Waals surface area contributed by atoms with Crippen LogP contribution in [0.15, 0.2) is 111 Å². The number of ether oxygens (including phenoxy) is 1. The highest BCUT2D eigenvalue weighted by Gasteiger charge is 2.16. The van der Waals surface area contributed by atoms with E-state index in [0.29, 0.717) is 44.3 Å². The molecule has 4 aromatic carbocycles. The lowest BCUT2D eigenvalue weighted by molar-refractivity contribution is -0.118. The summed E-state index contributed by atoms with van der Waals surface area (Å²) in [5.41, 5.74) is 1.91. The highest BCUT2D eigenvalue weighted by molar-refractivity contribution is 6.31. The van der Waals surface area contributed by atoms with Gasteiger partial charge in [-0.25, -0.2) is 9.37 Å². The molecule has 0 saturated heterocycles. The number of para-hydroxylation sites is 1. The van der Waals surface area contributed by atoms with Gasteiger partial charge < -0.3 is 14.5 Å². The summed E-state index contributed by atoms with van der Waals surface area (Å²) in [6.07, 6.45) is 1.52. The second-order valence-corrected chi connectivity index (χ2v) is 9.46. The summed E-state index contributed by atoms with van der Waals surface area (Å²) in [7, 11) is 0. The number of nitrogens with zero attached hydrogens (tertiary/aromatic N) is 3. The van der Waals surface area contributed by atoms with Crippen molar-refractivity contribution in [2.45, 2.75) is 0 Å². The zero-order valence-corrected chi connectivity index (χ0v) is 22.0. The van der Waals surface area contributed by atoms with Crippen LogP contribution < -0.4 is 15.6 Å². The molecule has 0 unspecified atom stereocenters. The minimum absolute atomic E-state index is 0.227. The third kappa shape index (κ3) is 5.70. The average molecular weight is 567 g/mol. The number of nitrogens with one attached hydrogen (secondary N) is 1. The van der Waals surface area contributed by atoms with Crippen molar-refractivity contribution >= 4 is 51.3 Å². The largest absolute Gasteiger partial charge is 0.484 e. The van der Waals surface area contributed by atoms with Gasteiger partial charge in [0.25, 0.3) is 11.5 Å². The third-order valence-electron chi connectivity index (χ3n) is 6.15. The number of aromatic nitrogens is 2. The van der Waals surface area contributed by atoms with Gasteiger partial charge in [0.15, 0.2) is 12.4 Å². The van der Waals surface area contributed by atoms with Gasteiger partial charge in [-0.3, -0.25) is 9.59 Å². The molecule has 10 heteroatoms. The van der Waals surface area contributed by atoms with Gasteiger partial charge in [-0.05, 0) is 90.5 Å². The molecule has 0 atom stereocenters. The zero-order valence-electron chi connectivity index (χ0n) is 21.3. The Kier molecular flexibility index (Phi) is 7.01. The maximum Gasteiger partial charge on any atom is 0.282 e. The lowest BCUT2D eigenvalue weighted by Gasteiger charge is -2.08. The molecule has 0 spiro atoms. The summed E-state index contributed by atoms with van der Waals surface area (Å²) in [5.74, 6) is 0.295. The molecule has 0 bridgehead atoms. The highest BCUT2D eigenvalue weighted by atomic mass is 35.5. The van der Waals surface area contributed by atoms with E-state index >= 15 is 0 Å². The van der Waals surface area contributed by atoms with Crippen molar-refractivity contribution in [3.8, 4) is 17.3 Å². The van der Waals surface area contributed by atoms with Crippen LogP contribution in [0.4, 0.5) is 10.1 Å². The summed E-state index contributed by atoms with van der Waals surface area (Å²) < 4.78 is 25.8. The fourth-order valence-electron chi connectivity index (χ4n) is 4.17. The maximum atomic E-state index is 13.4. The van der Waals surface area contributed by atoms with E-state index in [1.807, 2.05) is 0 Å². The summed E-state index contributed by atoms with van der Waals surface area (Å²) >= 11 is 6.13. The Balaban J connectivity index is 1.24. The Bertz CT molecular complexity index is 1980. The Hall–Kier alpha value is -5.28. The normalized spacial score (nSPS) is 11.4. The predicted molar refractivity (Wildman–Crippen MR) is 156 cm³/mol. The fourth-order valence-corrected chi connectivity index (χ4v) is 4.35.